The standard InChI is InChI=1S/C19H24O3S/c1-4-21-17(12-22-16-7-5-14(2)6-8-16)13-23-18-9-10-19(20)15(3)11-18/h5-11,17,20H,4,12-13H2,1-3H3/t17-/m0/s1. The summed E-state index contributed by atoms with van der Waals surface area (Å²) in [5, 5.41) is 9.58. The van der Waals surface area contributed by atoms with E-state index in [1.54, 1.807) is 17.8 Å². The van der Waals surface area contributed by atoms with Gasteiger partial charge in [0.05, 0.1) is 0 Å². The molecule has 0 saturated carbocycles. The molecule has 124 valence electrons. The fourth-order valence-electron chi connectivity index (χ4n) is 2.11. The third kappa shape index (κ3) is 5.81. The second kappa shape index (κ2) is 8.85. The van der Waals surface area contributed by atoms with Crippen molar-refractivity contribution in [3.8, 4) is 11.5 Å². The Morgan fingerprint density at radius 3 is 2.48 bits per heavy atom. The number of phenolic OH excluding ortho intramolecular Hbond substituents is 1. The lowest BCUT2D eigenvalue weighted by atomic mass is 10.2. The lowest BCUT2D eigenvalue weighted by molar-refractivity contribution is 0.0433. The van der Waals surface area contributed by atoms with Crippen molar-refractivity contribution in [2.24, 2.45) is 0 Å². The van der Waals surface area contributed by atoms with Gasteiger partial charge < -0.3 is 14.6 Å². The van der Waals surface area contributed by atoms with Crippen molar-refractivity contribution in [2.45, 2.75) is 31.8 Å². The first kappa shape index (κ1) is 17.7. The summed E-state index contributed by atoms with van der Waals surface area (Å²) in [4.78, 5) is 1.13. The van der Waals surface area contributed by atoms with Gasteiger partial charge in [0.25, 0.3) is 0 Å². The molecule has 0 fully saturated rings. The summed E-state index contributed by atoms with van der Waals surface area (Å²) in [7, 11) is 0. The van der Waals surface area contributed by atoms with Crippen molar-refractivity contribution in [1.82, 2.24) is 0 Å². The molecule has 2 aromatic rings. The summed E-state index contributed by atoms with van der Waals surface area (Å²) in [5.41, 5.74) is 2.11. The molecule has 0 aliphatic heterocycles. The summed E-state index contributed by atoms with van der Waals surface area (Å²) in [5.74, 6) is 2.01. The van der Waals surface area contributed by atoms with Crippen LogP contribution >= 0.6 is 11.8 Å². The zero-order chi connectivity index (χ0) is 16.7. The molecule has 23 heavy (non-hydrogen) atoms. The summed E-state index contributed by atoms with van der Waals surface area (Å²) in [6, 6.07) is 13.7. The van der Waals surface area contributed by atoms with Gasteiger partial charge in [-0.3, -0.25) is 0 Å². The highest BCUT2D eigenvalue weighted by molar-refractivity contribution is 7.99. The van der Waals surface area contributed by atoms with Crippen LogP contribution in [0.25, 0.3) is 0 Å². The molecule has 2 rings (SSSR count). The average Bonchev–Trinajstić information content (AvgIpc) is 2.55. The van der Waals surface area contributed by atoms with Gasteiger partial charge in [0, 0.05) is 17.3 Å². The molecule has 4 heteroatoms. The van der Waals surface area contributed by atoms with Crippen LogP contribution in [0.15, 0.2) is 47.4 Å². The van der Waals surface area contributed by atoms with Gasteiger partial charge in [-0.05, 0) is 56.7 Å². The molecule has 0 aliphatic rings. The predicted octanol–water partition coefficient (Wildman–Crippen LogP) is 4.59. The summed E-state index contributed by atoms with van der Waals surface area (Å²) < 4.78 is 11.6. The third-order valence-corrected chi connectivity index (χ3v) is 4.59. The Morgan fingerprint density at radius 2 is 1.83 bits per heavy atom. The largest absolute Gasteiger partial charge is 0.508 e. The van der Waals surface area contributed by atoms with E-state index < -0.39 is 0 Å². The Kier molecular flexibility index (Phi) is 6.81. The number of rotatable bonds is 8. The van der Waals surface area contributed by atoms with Gasteiger partial charge >= 0.3 is 0 Å². The monoisotopic (exact) mass is 332 g/mol. The van der Waals surface area contributed by atoms with Crippen LogP contribution in [0.1, 0.15) is 18.1 Å². The minimum absolute atomic E-state index is 0.0282. The number of ether oxygens (including phenoxy) is 2. The molecule has 1 atom stereocenters. The number of benzene rings is 2. The fourth-order valence-corrected chi connectivity index (χ4v) is 3.11. The zero-order valence-corrected chi connectivity index (χ0v) is 14.7. The van der Waals surface area contributed by atoms with Crippen LogP contribution in [0.2, 0.25) is 0 Å². The first-order valence-corrected chi connectivity index (χ1v) is 8.80. The molecule has 3 nitrogen and oxygen atoms in total. The van der Waals surface area contributed by atoms with Crippen LogP contribution in [-0.4, -0.2) is 30.2 Å². The maximum absolute atomic E-state index is 9.58. The van der Waals surface area contributed by atoms with E-state index in [0.717, 1.165) is 22.0 Å². The van der Waals surface area contributed by atoms with Crippen LogP contribution in [0.4, 0.5) is 0 Å². The molecule has 0 unspecified atom stereocenters. The topological polar surface area (TPSA) is 38.7 Å². The molecular formula is C19H24O3S. The van der Waals surface area contributed by atoms with Gasteiger partial charge in [0.2, 0.25) is 0 Å². The van der Waals surface area contributed by atoms with E-state index in [0.29, 0.717) is 19.0 Å². The Balaban J connectivity index is 1.87. The molecule has 0 heterocycles. The molecular weight excluding hydrogens is 308 g/mol. The Morgan fingerprint density at radius 1 is 1.09 bits per heavy atom. The average molecular weight is 332 g/mol. The van der Waals surface area contributed by atoms with Crippen LogP contribution in [-0.2, 0) is 4.74 Å². The van der Waals surface area contributed by atoms with E-state index in [4.69, 9.17) is 9.47 Å². The van der Waals surface area contributed by atoms with Crippen molar-refractivity contribution in [1.29, 1.82) is 0 Å². The maximum atomic E-state index is 9.58. The Bertz CT molecular complexity index is 611. The van der Waals surface area contributed by atoms with Crippen LogP contribution in [0.5, 0.6) is 11.5 Å². The van der Waals surface area contributed by atoms with E-state index in [2.05, 4.69) is 6.92 Å². The Labute approximate surface area is 142 Å². The first-order valence-electron chi connectivity index (χ1n) is 7.82. The van der Waals surface area contributed by atoms with Gasteiger partial charge in [-0.25, -0.2) is 0 Å². The number of hydrogen-bond acceptors (Lipinski definition) is 4. The molecule has 0 aliphatic carbocycles. The van der Waals surface area contributed by atoms with Gasteiger partial charge in [0.15, 0.2) is 0 Å². The molecule has 1 N–H and O–H groups in total. The number of phenols is 1. The molecule has 0 bridgehead atoms. The van der Waals surface area contributed by atoms with E-state index in [-0.39, 0.29) is 6.10 Å². The maximum Gasteiger partial charge on any atom is 0.119 e. The summed E-state index contributed by atoms with van der Waals surface area (Å²) in [6.45, 7) is 7.15. The minimum atomic E-state index is 0.0282. The molecule has 2 aromatic carbocycles. The third-order valence-electron chi connectivity index (χ3n) is 3.46. The van der Waals surface area contributed by atoms with Crippen molar-refractivity contribution in [3.05, 3.63) is 53.6 Å². The van der Waals surface area contributed by atoms with Gasteiger partial charge in [-0.15, -0.1) is 11.8 Å². The zero-order valence-electron chi connectivity index (χ0n) is 13.9. The summed E-state index contributed by atoms with van der Waals surface area (Å²) >= 11 is 1.71. The van der Waals surface area contributed by atoms with E-state index in [1.165, 1.54) is 5.56 Å². The number of aromatic hydroxyl groups is 1. The van der Waals surface area contributed by atoms with E-state index >= 15 is 0 Å². The predicted molar refractivity (Wildman–Crippen MR) is 95.7 cm³/mol. The Hall–Kier alpha value is -1.65. The SMILES string of the molecule is CCO[C@@H](COc1ccc(C)cc1)CSc1ccc(O)c(C)c1. The summed E-state index contributed by atoms with van der Waals surface area (Å²) in [6.07, 6.45) is 0.0282. The van der Waals surface area contributed by atoms with Crippen LogP contribution in [0, 0.1) is 13.8 Å². The number of hydrogen-bond donors (Lipinski definition) is 1. The number of aryl methyl sites for hydroxylation is 2. The highest BCUT2D eigenvalue weighted by Crippen LogP contribution is 2.25. The van der Waals surface area contributed by atoms with Gasteiger partial charge in [-0.1, -0.05) is 17.7 Å². The molecule has 0 spiro atoms. The minimum Gasteiger partial charge on any atom is -0.508 e. The van der Waals surface area contributed by atoms with Gasteiger partial charge in [0.1, 0.15) is 24.2 Å². The quantitative estimate of drug-likeness (QED) is 0.718. The lowest BCUT2D eigenvalue weighted by Gasteiger charge is -2.18. The second-order valence-electron chi connectivity index (χ2n) is 5.46. The second-order valence-corrected chi connectivity index (χ2v) is 6.55. The van der Waals surface area contributed by atoms with Gasteiger partial charge in [-0.2, -0.15) is 0 Å². The van der Waals surface area contributed by atoms with E-state index in [1.807, 2.05) is 50.2 Å². The molecule has 0 radical (unpaired) electrons. The van der Waals surface area contributed by atoms with E-state index in [9.17, 15) is 5.11 Å². The number of thioether (sulfide) groups is 1. The van der Waals surface area contributed by atoms with Crippen molar-refractivity contribution >= 4 is 11.8 Å². The highest BCUT2D eigenvalue weighted by atomic mass is 32.2. The molecule has 0 aromatic heterocycles. The fraction of sp³-hybridized carbons (Fsp3) is 0.368. The van der Waals surface area contributed by atoms with Crippen LogP contribution < -0.4 is 4.74 Å². The first-order chi connectivity index (χ1) is 11.1. The highest BCUT2D eigenvalue weighted by Gasteiger charge is 2.11. The molecule has 0 saturated heterocycles. The smallest absolute Gasteiger partial charge is 0.119 e. The lowest BCUT2D eigenvalue weighted by Crippen LogP contribution is -2.24. The van der Waals surface area contributed by atoms with Crippen molar-refractivity contribution in [2.75, 3.05) is 19.0 Å². The van der Waals surface area contributed by atoms with Crippen LogP contribution in [0.3, 0.4) is 0 Å². The molecule has 0 amide bonds. The van der Waals surface area contributed by atoms with Crippen molar-refractivity contribution in [3.63, 3.8) is 0 Å². The normalized spacial score (nSPS) is 12.1. The van der Waals surface area contributed by atoms with Crippen molar-refractivity contribution < 1.29 is 14.6 Å².